The minimum absolute atomic E-state index is 0.362. The van der Waals surface area contributed by atoms with Crippen molar-refractivity contribution < 1.29 is 13.2 Å². The molecular weight excluding hydrogens is 346 g/mol. The second-order valence-electron chi connectivity index (χ2n) is 5.93. The molecule has 3 rings (SSSR count). The van der Waals surface area contributed by atoms with Gasteiger partial charge in [0.2, 0.25) is 10.0 Å². The highest BCUT2D eigenvalue weighted by molar-refractivity contribution is 7.89. The highest BCUT2D eigenvalue weighted by Crippen LogP contribution is 2.25. The Bertz CT molecular complexity index is 755. The SMILES string of the molecule is O=S(=O)(c1ccccc1)N1CCC(COc2ccc(Cl)cc2)CC1. The molecule has 1 heterocycles. The molecule has 128 valence electrons. The molecule has 0 N–H and O–H groups in total. The summed E-state index contributed by atoms with van der Waals surface area (Å²) in [5, 5.41) is 0.682. The van der Waals surface area contributed by atoms with Crippen LogP contribution in [0.2, 0.25) is 5.02 Å². The maximum atomic E-state index is 12.6. The number of nitrogens with zero attached hydrogens (tertiary/aromatic N) is 1. The summed E-state index contributed by atoms with van der Waals surface area (Å²) in [5.41, 5.74) is 0. The van der Waals surface area contributed by atoms with Crippen molar-refractivity contribution in [1.29, 1.82) is 0 Å². The normalized spacial score (nSPS) is 16.9. The molecule has 4 nitrogen and oxygen atoms in total. The summed E-state index contributed by atoms with van der Waals surface area (Å²) in [4.78, 5) is 0.362. The fourth-order valence-electron chi connectivity index (χ4n) is 2.80. The Morgan fingerprint density at radius 1 is 1.00 bits per heavy atom. The van der Waals surface area contributed by atoms with Crippen LogP contribution in [0, 0.1) is 5.92 Å². The van der Waals surface area contributed by atoms with Gasteiger partial charge < -0.3 is 4.74 Å². The van der Waals surface area contributed by atoms with Gasteiger partial charge in [0, 0.05) is 18.1 Å². The largest absolute Gasteiger partial charge is 0.493 e. The van der Waals surface area contributed by atoms with E-state index in [9.17, 15) is 8.42 Å². The molecule has 0 spiro atoms. The number of hydrogen-bond acceptors (Lipinski definition) is 3. The van der Waals surface area contributed by atoms with Crippen molar-refractivity contribution in [3.05, 3.63) is 59.6 Å². The summed E-state index contributed by atoms with van der Waals surface area (Å²) < 4.78 is 32.5. The Labute approximate surface area is 148 Å². The lowest BCUT2D eigenvalue weighted by Crippen LogP contribution is -2.39. The Morgan fingerprint density at radius 3 is 2.25 bits per heavy atom. The maximum absolute atomic E-state index is 12.6. The second-order valence-corrected chi connectivity index (χ2v) is 8.30. The standard InChI is InChI=1S/C18H20ClNO3S/c19-16-6-8-17(9-7-16)23-14-15-10-12-20(13-11-15)24(21,22)18-4-2-1-3-5-18/h1-9,15H,10-14H2. The zero-order valence-corrected chi connectivity index (χ0v) is 14.8. The average molecular weight is 366 g/mol. The molecule has 0 atom stereocenters. The number of hydrogen-bond donors (Lipinski definition) is 0. The number of halogens is 1. The van der Waals surface area contributed by atoms with Crippen LogP contribution in [-0.2, 0) is 10.0 Å². The van der Waals surface area contributed by atoms with Gasteiger partial charge in [-0.05, 0) is 55.2 Å². The molecule has 6 heteroatoms. The predicted octanol–water partition coefficient (Wildman–Crippen LogP) is 3.82. The number of rotatable bonds is 5. The minimum Gasteiger partial charge on any atom is -0.493 e. The first kappa shape index (κ1) is 17.3. The Morgan fingerprint density at radius 2 is 1.62 bits per heavy atom. The summed E-state index contributed by atoms with van der Waals surface area (Å²) >= 11 is 5.85. The first-order valence-corrected chi connectivity index (χ1v) is 9.81. The summed E-state index contributed by atoms with van der Waals surface area (Å²) in [6.07, 6.45) is 1.61. The van der Waals surface area contributed by atoms with Gasteiger partial charge in [-0.3, -0.25) is 0 Å². The molecule has 0 bridgehead atoms. The Hall–Kier alpha value is -1.56. The maximum Gasteiger partial charge on any atom is 0.243 e. The van der Waals surface area contributed by atoms with E-state index in [1.807, 2.05) is 18.2 Å². The number of benzene rings is 2. The van der Waals surface area contributed by atoms with Crippen LogP contribution < -0.4 is 4.74 Å². The highest BCUT2D eigenvalue weighted by Gasteiger charge is 2.29. The van der Waals surface area contributed by atoms with E-state index in [0.29, 0.717) is 35.5 Å². The van der Waals surface area contributed by atoms with Crippen molar-refractivity contribution in [2.24, 2.45) is 5.92 Å². The van der Waals surface area contributed by atoms with Crippen molar-refractivity contribution >= 4 is 21.6 Å². The molecule has 0 radical (unpaired) electrons. The molecule has 1 fully saturated rings. The third-order valence-electron chi connectivity index (χ3n) is 4.25. The molecule has 24 heavy (non-hydrogen) atoms. The van der Waals surface area contributed by atoms with E-state index in [0.717, 1.165) is 18.6 Å². The molecule has 2 aromatic rings. The van der Waals surface area contributed by atoms with E-state index >= 15 is 0 Å². The van der Waals surface area contributed by atoms with Gasteiger partial charge in [-0.1, -0.05) is 29.8 Å². The van der Waals surface area contributed by atoms with Gasteiger partial charge in [0.1, 0.15) is 5.75 Å². The van der Waals surface area contributed by atoms with Gasteiger partial charge in [-0.2, -0.15) is 4.31 Å². The number of ether oxygens (including phenoxy) is 1. The molecule has 0 aliphatic carbocycles. The van der Waals surface area contributed by atoms with Crippen LogP contribution in [-0.4, -0.2) is 32.4 Å². The summed E-state index contributed by atoms with van der Waals surface area (Å²) in [5.74, 6) is 1.15. The van der Waals surface area contributed by atoms with Crippen LogP contribution in [0.4, 0.5) is 0 Å². The lowest BCUT2D eigenvalue weighted by atomic mass is 9.99. The highest BCUT2D eigenvalue weighted by atomic mass is 35.5. The molecule has 0 amide bonds. The first-order chi connectivity index (χ1) is 11.6. The summed E-state index contributed by atoms with van der Waals surface area (Å²) in [7, 11) is -3.38. The molecule has 1 aliphatic heterocycles. The lowest BCUT2D eigenvalue weighted by molar-refractivity contribution is 0.185. The fraction of sp³-hybridized carbons (Fsp3) is 0.333. The van der Waals surface area contributed by atoms with Gasteiger partial charge in [0.25, 0.3) is 0 Å². The first-order valence-electron chi connectivity index (χ1n) is 7.99. The van der Waals surface area contributed by atoms with Gasteiger partial charge in [0.15, 0.2) is 0 Å². The predicted molar refractivity (Wildman–Crippen MR) is 94.9 cm³/mol. The molecular formula is C18H20ClNO3S. The number of piperidine rings is 1. The quantitative estimate of drug-likeness (QED) is 0.809. The van der Waals surface area contributed by atoms with Crippen LogP contribution in [0.3, 0.4) is 0 Å². The second kappa shape index (κ2) is 7.55. The molecule has 1 aliphatic rings. The molecule has 0 unspecified atom stereocenters. The van der Waals surface area contributed by atoms with Gasteiger partial charge in [-0.15, -0.1) is 0 Å². The fourth-order valence-corrected chi connectivity index (χ4v) is 4.42. The third kappa shape index (κ3) is 4.09. The topological polar surface area (TPSA) is 46.6 Å². The van der Waals surface area contributed by atoms with Crippen LogP contribution in [0.15, 0.2) is 59.5 Å². The monoisotopic (exact) mass is 365 g/mol. The molecule has 0 saturated carbocycles. The zero-order chi connectivity index (χ0) is 17.0. The van der Waals surface area contributed by atoms with Gasteiger partial charge in [-0.25, -0.2) is 8.42 Å². The van der Waals surface area contributed by atoms with Crippen LogP contribution in [0.5, 0.6) is 5.75 Å². The van der Waals surface area contributed by atoms with Crippen molar-refractivity contribution in [2.75, 3.05) is 19.7 Å². The lowest BCUT2D eigenvalue weighted by Gasteiger charge is -2.31. The van der Waals surface area contributed by atoms with Crippen molar-refractivity contribution in [3.8, 4) is 5.75 Å². The Balaban J connectivity index is 1.53. The van der Waals surface area contributed by atoms with E-state index in [4.69, 9.17) is 16.3 Å². The zero-order valence-electron chi connectivity index (χ0n) is 13.3. The van der Waals surface area contributed by atoms with E-state index in [1.165, 1.54) is 0 Å². The minimum atomic E-state index is -3.38. The number of sulfonamides is 1. The van der Waals surface area contributed by atoms with Crippen LogP contribution >= 0.6 is 11.6 Å². The van der Waals surface area contributed by atoms with Gasteiger partial charge >= 0.3 is 0 Å². The smallest absolute Gasteiger partial charge is 0.243 e. The van der Waals surface area contributed by atoms with E-state index < -0.39 is 10.0 Å². The summed E-state index contributed by atoms with van der Waals surface area (Å²) in [6.45, 7) is 1.67. The van der Waals surface area contributed by atoms with Gasteiger partial charge in [0.05, 0.1) is 11.5 Å². The molecule has 0 aromatic heterocycles. The van der Waals surface area contributed by atoms with Crippen molar-refractivity contribution in [2.45, 2.75) is 17.7 Å². The van der Waals surface area contributed by atoms with E-state index in [-0.39, 0.29) is 0 Å². The van der Waals surface area contributed by atoms with Crippen LogP contribution in [0.25, 0.3) is 0 Å². The van der Waals surface area contributed by atoms with Crippen molar-refractivity contribution in [3.63, 3.8) is 0 Å². The molecule has 1 saturated heterocycles. The van der Waals surface area contributed by atoms with Crippen molar-refractivity contribution in [1.82, 2.24) is 4.31 Å². The Kier molecular flexibility index (Phi) is 5.43. The molecule has 2 aromatic carbocycles. The summed E-state index contributed by atoms with van der Waals surface area (Å²) in [6, 6.07) is 15.9. The average Bonchev–Trinajstić information content (AvgIpc) is 2.62. The van der Waals surface area contributed by atoms with Crippen LogP contribution in [0.1, 0.15) is 12.8 Å². The third-order valence-corrected chi connectivity index (χ3v) is 6.42. The van der Waals surface area contributed by atoms with E-state index in [2.05, 4.69) is 0 Å². The van der Waals surface area contributed by atoms with E-state index in [1.54, 1.807) is 40.7 Å².